The van der Waals surface area contributed by atoms with Crippen molar-refractivity contribution < 1.29 is 0 Å². The van der Waals surface area contributed by atoms with Crippen molar-refractivity contribution in [3.05, 3.63) is 66.0 Å². The zero-order chi connectivity index (χ0) is 13.7. The number of hydrogen-bond donors (Lipinski definition) is 1. The van der Waals surface area contributed by atoms with Gasteiger partial charge in [-0.15, -0.1) is 0 Å². The zero-order valence-electron chi connectivity index (χ0n) is 11.5. The van der Waals surface area contributed by atoms with Gasteiger partial charge < -0.3 is 5.73 Å². The molecule has 0 aliphatic rings. The van der Waals surface area contributed by atoms with Crippen molar-refractivity contribution in [1.82, 2.24) is 9.88 Å². The Bertz CT molecular complexity index is 482. The van der Waals surface area contributed by atoms with Crippen LogP contribution in [-0.2, 0) is 6.54 Å². The highest BCUT2D eigenvalue weighted by Crippen LogP contribution is 2.21. The highest BCUT2D eigenvalue weighted by molar-refractivity contribution is 5.16. The summed E-state index contributed by atoms with van der Waals surface area (Å²) in [5.41, 5.74) is 8.45. The summed E-state index contributed by atoms with van der Waals surface area (Å²) < 4.78 is 0. The Kier molecular flexibility index (Phi) is 4.66. The molecule has 100 valence electrons. The minimum atomic E-state index is 0.0311. The van der Waals surface area contributed by atoms with Crippen LogP contribution in [0.5, 0.6) is 0 Å². The van der Waals surface area contributed by atoms with Crippen molar-refractivity contribution in [3.8, 4) is 0 Å². The molecule has 3 heteroatoms. The fourth-order valence-electron chi connectivity index (χ4n) is 2.42. The standard InChI is InChI=1S/C16H21N3/c1-13(17)16(15-10-6-7-11-18-15)19(2)12-14-8-4-3-5-9-14/h3-11,13,16H,12,17H2,1-2H3. The molecule has 0 aliphatic heterocycles. The Balaban J connectivity index is 2.16. The monoisotopic (exact) mass is 255 g/mol. The lowest BCUT2D eigenvalue weighted by Crippen LogP contribution is -2.37. The Morgan fingerprint density at radius 3 is 2.37 bits per heavy atom. The molecule has 2 atom stereocenters. The Hall–Kier alpha value is -1.71. The average Bonchev–Trinajstić information content (AvgIpc) is 2.40. The number of pyridine rings is 1. The van der Waals surface area contributed by atoms with Gasteiger partial charge in [0.25, 0.3) is 0 Å². The highest BCUT2D eigenvalue weighted by Gasteiger charge is 2.22. The van der Waals surface area contributed by atoms with Crippen LogP contribution >= 0.6 is 0 Å². The molecule has 2 unspecified atom stereocenters. The van der Waals surface area contributed by atoms with E-state index < -0.39 is 0 Å². The Morgan fingerprint density at radius 2 is 1.79 bits per heavy atom. The van der Waals surface area contributed by atoms with Gasteiger partial charge >= 0.3 is 0 Å². The van der Waals surface area contributed by atoms with E-state index in [0.717, 1.165) is 12.2 Å². The van der Waals surface area contributed by atoms with Crippen molar-refractivity contribution >= 4 is 0 Å². The number of aromatic nitrogens is 1. The predicted molar refractivity (Wildman–Crippen MR) is 78.5 cm³/mol. The van der Waals surface area contributed by atoms with Crippen molar-refractivity contribution in [2.45, 2.75) is 25.6 Å². The third-order valence-electron chi connectivity index (χ3n) is 3.24. The Labute approximate surface area is 115 Å². The molecular weight excluding hydrogens is 234 g/mol. The first-order chi connectivity index (χ1) is 9.18. The fraction of sp³-hybridized carbons (Fsp3) is 0.312. The molecule has 3 nitrogen and oxygen atoms in total. The molecule has 0 amide bonds. The molecule has 0 spiro atoms. The van der Waals surface area contributed by atoms with Crippen LogP contribution in [0, 0.1) is 0 Å². The summed E-state index contributed by atoms with van der Waals surface area (Å²) in [6.45, 7) is 2.89. The van der Waals surface area contributed by atoms with Gasteiger partial charge in [0.1, 0.15) is 0 Å². The van der Waals surface area contributed by atoms with Crippen LogP contribution in [0.15, 0.2) is 54.7 Å². The van der Waals surface area contributed by atoms with Crippen LogP contribution in [-0.4, -0.2) is 23.0 Å². The largest absolute Gasteiger partial charge is 0.326 e. The summed E-state index contributed by atoms with van der Waals surface area (Å²) in [5, 5.41) is 0. The molecule has 1 heterocycles. The van der Waals surface area contributed by atoms with Gasteiger partial charge in [0.2, 0.25) is 0 Å². The molecule has 0 saturated heterocycles. The third kappa shape index (κ3) is 3.63. The van der Waals surface area contributed by atoms with Crippen LogP contribution in [0.25, 0.3) is 0 Å². The summed E-state index contributed by atoms with van der Waals surface area (Å²) in [7, 11) is 2.09. The lowest BCUT2D eigenvalue weighted by atomic mass is 10.0. The number of rotatable bonds is 5. The van der Waals surface area contributed by atoms with Gasteiger partial charge in [0, 0.05) is 18.8 Å². The summed E-state index contributed by atoms with van der Waals surface area (Å²) in [6, 6.07) is 16.6. The van der Waals surface area contributed by atoms with E-state index >= 15 is 0 Å². The SMILES string of the molecule is CC(N)C(c1ccccn1)N(C)Cc1ccccc1. The predicted octanol–water partition coefficient (Wildman–Crippen LogP) is 2.60. The molecule has 1 aromatic heterocycles. The maximum atomic E-state index is 6.14. The van der Waals surface area contributed by atoms with Crippen molar-refractivity contribution in [1.29, 1.82) is 0 Å². The second-order valence-electron chi connectivity index (χ2n) is 4.96. The number of nitrogens with two attached hydrogens (primary N) is 1. The maximum absolute atomic E-state index is 6.14. The van der Waals surface area contributed by atoms with Crippen LogP contribution in [0.2, 0.25) is 0 Å². The van der Waals surface area contributed by atoms with Crippen LogP contribution < -0.4 is 5.73 Å². The third-order valence-corrected chi connectivity index (χ3v) is 3.24. The molecule has 0 fully saturated rings. The first-order valence-corrected chi connectivity index (χ1v) is 6.59. The number of hydrogen-bond acceptors (Lipinski definition) is 3. The minimum Gasteiger partial charge on any atom is -0.326 e. The summed E-state index contributed by atoms with van der Waals surface area (Å²) >= 11 is 0. The molecule has 0 saturated carbocycles. The highest BCUT2D eigenvalue weighted by atomic mass is 15.2. The summed E-state index contributed by atoms with van der Waals surface area (Å²) in [6.07, 6.45) is 1.82. The van der Waals surface area contributed by atoms with Gasteiger partial charge in [0.15, 0.2) is 0 Å². The second kappa shape index (κ2) is 6.45. The number of likely N-dealkylation sites (N-methyl/N-ethyl adjacent to an activating group) is 1. The van der Waals surface area contributed by atoms with Gasteiger partial charge in [-0.1, -0.05) is 36.4 Å². The van der Waals surface area contributed by atoms with E-state index in [1.807, 2.05) is 37.4 Å². The maximum Gasteiger partial charge on any atom is 0.0671 e. The van der Waals surface area contributed by atoms with Gasteiger partial charge in [-0.25, -0.2) is 0 Å². The van der Waals surface area contributed by atoms with E-state index in [-0.39, 0.29) is 12.1 Å². The van der Waals surface area contributed by atoms with E-state index in [1.165, 1.54) is 5.56 Å². The summed E-state index contributed by atoms with van der Waals surface area (Å²) in [5.74, 6) is 0. The van der Waals surface area contributed by atoms with Crippen LogP contribution in [0.1, 0.15) is 24.2 Å². The molecule has 0 radical (unpaired) electrons. The van der Waals surface area contributed by atoms with Gasteiger partial charge in [-0.05, 0) is 31.7 Å². The summed E-state index contributed by atoms with van der Waals surface area (Å²) in [4.78, 5) is 6.69. The van der Waals surface area contributed by atoms with E-state index in [1.54, 1.807) is 0 Å². The second-order valence-corrected chi connectivity index (χ2v) is 4.96. The lowest BCUT2D eigenvalue weighted by molar-refractivity contribution is 0.206. The first-order valence-electron chi connectivity index (χ1n) is 6.59. The molecule has 0 aliphatic carbocycles. The zero-order valence-corrected chi connectivity index (χ0v) is 11.5. The van der Waals surface area contributed by atoms with Crippen LogP contribution in [0.3, 0.4) is 0 Å². The van der Waals surface area contributed by atoms with Crippen molar-refractivity contribution in [3.63, 3.8) is 0 Å². The lowest BCUT2D eigenvalue weighted by Gasteiger charge is -2.30. The normalized spacial score (nSPS) is 14.3. The molecule has 2 aromatic rings. The number of benzene rings is 1. The fourth-order valence-corrected chi connectivity index (χ4v) is 2.42. The smallest absolute Gasteiger partial charge is 0.0671 e. The minimum absolute atomic E-state index is 0.0311. The molecular formula is C16H21N3. The van der Waals surface area contributed by atoms with E-state index in [9.17, 15) is 0 Å². The van der Waals surface area contributed by atoms with E-state index in [0.29, 0.717) is 0 Å². The molecule has 19 heavy (non-hydrogen) atoms. The quantitative estimate of drug-likeness (QED) is 0.893. The average molecular weight is 255 g/mol. The van der Waals surface area contributed by atoms with Crippen molar-refractivity contribution in [2.24, 2.45) is 5.73 Å². The van der Waals surface area contributed by atoms with Gasteiger partial charge in [-0.3, -0.25) is 9.88 Å². The van der Waals surface area contributed by atoms with Gasteiger partial charge in [-0.2, -0.15) is 0 Å². The van der Waals surface area contributed by atoms with Crippen LogP contribution in [0.4, 0.5) is 0 Å². The first kappa shape index (κ1) is 13.7. The molecule has 2 N–H and O–H groups in total. The van der Waals surface area contributed by atoms with Crippen molar-refractivity contribution in [2.75, 3.05) is 7.05 Å². The molecule has 0 bridgehead atoms. The van der Waals surface area contributed by atoms with Gasteiger partial charge in [0.05, 0.1) is 11.7 Å². The topological polar surface area (TPSA) is 42.1 Å². The molecule has 2 rings (SSSR count). The Morgan fingerprint density at radius 1 is 1.11 bits per heavy atom. The molecule has 1 aromatic carbocycles. The van der Waals surface area contributed by atoms with E-state index in [4.69, 9.17) is 5.73 Å². The van der Waals surface area contributed by atoms with E-state index in [2.05, 4.69) is 41.2 Å². The number of nitrogens with zero attached hydrogens (tertiary/aromatic N) is 2.